The highest BCUT2D eigenvalue weighted by molar-refractivity contribution is 6.07. The highest BCUT2D eigenvalue weighted by atomic mass is 19.1. The van der Waals surface area contributed by atoms with Gasteiger partial charge in [-0.3, -0.25) is 19.8 Å². The molecule has 4 saturated heterocycles. The number of likely N-dealkylation sites (tertiary alicyclic amines) is 3. The van der Waals surface area contributed by atoms with Crippen molar-refractivity contribution < 1.29 is 38.1 Å². The minimum absolute atomic E-state index is 0.00853. The number of amides is 6. The highest BCUT2D eigenvalue weighted by Crippen LogP contribution is 2.36. The number of piperidine rings is 2. The van der Waals surface area contributed by atoms with Gasteiger partial charge in [0.2, 0.25) is 5.91 Å². The number of H-pyrrole nitrogens is 1. The Morgan fingerprint density at radius 3 is 2.43 bits per heavy atom. The van der Waals surface area contributed by atoms with Crippen molar-refractivity contribution in [3.63, 3.8) is 0 Å². The lowest BCUT2D eigenvalue weighted by atomic mass is 9.92. The number of halogens is 1. The number of fused-ring (bicyclic) bond motifs is 1. The van der Waals surface area contributed by atoms with Crippen LogP contribution in [0.3, 0.4) is 0 Å². The van der Waals surface area contributed by atoms with Crippen LogP contribution in [-0.2, 0) is 16.1 Å². The smallest absolute Gasteiger partial charge is 0.328 e. The molecule has 4 aliphatic heterocycles. The number of carbonyl (C=O) groups is 4. The summed E-state index contributed by atoms with van der Waals surface area (Å²) in [5.41, 5.74) is 6.59. The summed E-state index contributed by atoms with van der Waals surface area (Å²) < 4.78 is 27.1. The summed E-state index contributed by atoms with van der Waals surface area (Å²) in [6.45, 7) is 11.8. The number of nitrogens with one attached hydrogen (secondary N) is 3. The van der Waals surface area contributed by atoms with Crippen LogP contribution in [0.25, 0.3) is 33.5 Å². The lowest BCUT2D eigenvalue weighted by Crippen LogP contribution is -2.49. The van der Waals surface area contributed by atoms with Gasteiger partial charge in [-0.2, -0.15) is 0 Å². The van der Waals surface area contributed by atoms with Crippen LogP contribution < -0.4 is 20.3 Å². The molecule has 70 heavy (non-hydrogen) atoms. The number of benzene rings is 3. The molecule has 4 aliphatic rings. The fourth-order valence-corrected chi connectivity index (χ4v) is 10.5. The van der Waals surface area contributed by atoms with Gasteiger partial charge in [0.1, 0.15) is 23.5 Å². The maximum absolute atomic E-state index is 15.2. The zero-order valence-corrected chi connectivity index (χ0v) is 40.5. The zero-order chi connectivity index (χ0) is 49.1. The number of imide groups is 1. The van der Waals surface area contributed by atoms with E-state index in [1.54, 1.807) is 23.1 Å². The first-order valence-corrected chi connectivity index (χ1v) is 24.7. The summed E-state index contributed by atoms with van der Waals surface area (Å²) in [5.74, 6) is 0.539. The predicted octanol–water partition coefficient (Wildman–Crippen LogP) is 7.99. The molecule has 6 amide bonds. The number of methoxy groups -OCH3 is 1. The monoisotopic (exact) mass is 957 g/mol. The van der Waals surface area contributed by atoms with Crippen LogP contribution in [0.15, 0.2) is 67.0 Å². The third kappa shape index (κ3) is 11.0. The van der Waals surface area contributed by atoms with E-state index in [0.717, 1.165) is 80.4 Å². The number of aromatic nitrogens is 3. The number of nitrogens with zero attached hydrogens (tertiary/aromatic N) is 6. The number of urea groups is 2. The van der Waals surface area contributed by atoms with Crippen LogP contribution in [0.2, 0.25) is 0 Å². The van der Waals surface area contributed by atoms with Crippen LogP contribution in [-0.4, -0.2) is 130 Å². The van der Waals surface area contributed by atoms with Crippen molar-refractivity contribution in [1.82, 2.24) is 35.0 Å². The molecule has 16 nitrogen and oxygen atoms in total. The number of rotatable bonds is 14. The van der Waals surface area contributed by atoms with Gasteiger partial charge in [-0.25, -0.2) is 23.9 Å². The molecule has 0 unspecified atom stereocenters. The summed E-state index contributed by atoms with van der Waals surface area (Å²) in [4.78, 5) is 71.1. The van der Waals surface area contributed by atoms with Gasteiger partial charge in [0, 0.05) is 86.0 Å². The van der Waals surface area contributed by atoms with Crippen LogP contribution in [0.4, 0.5) is 25.4 Å². The van der Waals surface area contributed by atoms with Crippen LogP contribution in [0, 0.1) is 30.5 Å². The largest absolute Gasteiger partial charge is 0.495 e. The summed E-state index contributed by atoms with van der Waals surface area (Å²) in [6, 6.07) is 17.2. The first-order valence-electron chi connectivity index (χ1n) is 24.7. The lowest BCUT2D eigenvalue weighted by Gasteiger charge is -2.35. The first kappa shape index (κ1) is 48.6. The second kappa shape index (κ2) is 21.3. The van der Waals surface area contributed by atoms with E-state index >= 15 is 4.39 Å². The Kier molecular flexibility index (Phi) is 14.8. The van der Waals surface area contributed by atoms with Crippen LogP contribution in [0.5, 0.6) is 5.75 Å². The number of aromatic amines is 1. The average Bonchev–Trinajstić information content (AvgIpc) is 3.97. The predicted molar refractivity (Wildman–Crippen MR) is 265 cm³/mol. The molecule has 6 heterocycles. The van der Waals surface area contributed by atoms with E-state index in [1.807, 2.05) is 17.9 Å². The van der Waals surface area contributed by atoms with Crippen molar-refractivity contribution in [3.8, 4) is 28.3 Å². The number of aliphatic hydroxyl groups excluding tert-OH is 1. The summed E-state index contributed by atoms with van der Waals surface area (Å²) in [7, 11) is 1.52. The molecule has 0 saturated carbocycles. The maximum Gasteiger partial charge on any atom is 0.328 e. The zero-order valence-electron chi connectivity index (χ0n) is 40.5. The van der Waals surface area contributed by atoms with E-state index in [-0.39, 0.29) is 49.4 Å². The number of ether oxygens (including phenoxy) is 2. The van der Waals surface area contributed by atoms with E-state index in [9.17, 15) is 24.3 Å². The third-order valence-electron chi connectivity index (χ3n) is 14.6. The second-order valence-corrected chi connectivity index (χ2v) is 19.8. The molecule has 0 bridgehead atoms. The first-order chi connectivity index (χ1) is 33.8. The molecule has 17 heteroatoms. The number of hydrogen-bond donors (Lipinski definition) is 4. The van der Waals surface area contributed by atoms with Crippen LogP contribution >= 0.6 is 0 Å². The molecule has 5 aromatic rings. The van der Waals surface area contributed by atoms with Crippen molar-refractivity contribution in [2.24, 2.45) is 17.8 Å². The lowest BCUT2D eigenvalue weighted by molar-refractivity contribution is -0.120. The molecular weight excluding hydrogens is 894 g/mol. The minimum atomic E-state index is -0.586. The molecule has 9 rings (SSSR count). The Hall–Kier alpha value is -6.43. The topological polar surface area (TPSA) is 186 Å². The van der Waals surface area contributed by atoms with Crippen molar-refractivity contribution in [1.29, 1.82) is 0 Å². The van der Waals surface area contributed by atoms with E-state index < -0.39 is 18.0 Å². The Balaban J connectivity index is 0.729. The number of carbonyl (C=O) groups excluding carboxylic acids is 4. The van der Waals surface area contributed by atoms with E-state index in [4.69, 9.17) is 9.47 Å². The molecule has 370 valence electrons. The third-order valence-corrected chi connectivity index (χ3v) is 14.6. The number of hydrogen-bond acceptors (Lipinski definition) is 10. The van der Waals surface area contributed by atoms with Gasteiger partial charge in [0.05, 0.1) is 37.3 Å². The Labute approximate surface area is 407 Å². The molecule has 4 fully saturated rings. The summed E-state index contributed by atoms with van der Waals surface area (Å²) in [6.07, 6.45) is 7.00. The molecule has 0 radical (unpaired) electrons. The van der Waals surface area contributed by atoms with Gasteiger partial charge in [-0.1, -0.05) is 38.1 Å². The highest BCUT2D eigenvalue weighted by Gasteiger charge is 2.35. The molecule has 4 N–H and O–H groups in total. The molecule has 0 aliphatic carbocycles. The number of anilines is 2. The van der Waals surface area contributed by atoms with Crippen molar-refractivity contribution in [2.45, 2.75) is 84.5 Å². The quantitative estimate of drug-likeness (QED) is 0.0851. The molecular formula is C53H64FN9O7. The van der Waals surface area contributed by atoms with Gasteiger partial charge >= 0.3 is 12.1 Å². The Bertz CT molecular complexity index is 2710. The van der Waals surface area contributed by atoms with Gasteiger partial charge in [-0.15, -0.1) is 0 Å². The molecule has 0 spiro atoms. The van der Waals surface area contributed by atoms with Crippen LogP contribution in [0.1, 0.15) is 80.3 Å². The van der Waals surface area contributed by atoms with Crippen molar-refractivity contribution >= 4 is 46.3 Å². The normalized spacial score (nSPS) is 19.6. The Morgan fingerprint density at radius 1 is 0.929 bits per heavy atom. The molecule has 2 aromatic heterocycles. The second-order valence-electron chi connectivity index (χ2n) is 19.8. The fraction of sp³-hybridized carbons (Fsp3) is 0.472. The number of β-amino-alcohol motifs (C(OH)–C–C–N with tert-alkyl or cyclic N) is 1. The van der Waals surface area contributed by atoms with E-state index in [2.05, 4.69) is 68.6 Å². The van der Waals surface area contributed by atoms with Gasteiger partial charge in [0.25, 0.3) is 5.91 Å². The maximum atomic E-state index is 15.2. The van der Waals surface area contributed by atoms with Crippen molar-refractivity contribution in [2.75, 3.05) is 69.7 Å². The summed E-state index contributed by atoms with van der Waals surface area (Å²) in [5, 5.41) is 16.5. The van der Waals surface area contributed by atoms with Gasteiger partial charge in [0.15, 0.2) is 0 Å². The van der Waals surface area contributed by atoms with E-state index in [0.29, 0.717) is 83.2 Å². The van der Waals surface area contributed by atoms with Gasteiger partial charge in [-0.05, 0) is 117 Å². The Morgan fingerprint density at radius 2 is 1.70 bits per heavy atom. The fourth-order valence-electron chi connectivity index (χ4n) is 10.5. The SMILES string of the molecule is COc1ccc(C(=O)N2CCC(CCN3CCC(OCc4ccc(-c5cc6c(-c7cc(F)cc(NC(=O)N8C[C@@H](CC(C)C)[C@H](O)C8)c7C)ncnc6[nH]5)cc4)CC3)CC2)cc1N1CCC(=O)NC1=O. The van der Waals surface area contributed by atoms with Gasteiger partial charge < -0.3 is 39.6 Å². The molecule has 2 atom stereocenters. The standard InChI is InChI=1S/C53H64FN9O7/c1-32(2)23-38-28-62(29-46(38)64)52(67)58-43-26-39(54)25-41(33(43)3)49-42-27-44(57-50(42)56-31-55-49)36-7-5-35(6-8-36)30-70-40-14-18-60(19-15-40)17-11-34-12-20-61(21-13-34)51(66)37-9-10-47(69-4)45(24-37)63-22-16-48(65)59-53(63)68/h5-10,24-27,31-32,34,38,40,46,64H,11-23,28-30H2,1-4H3,(H,58,67)(H,55,56,57)(H,59,65,68)/t38-,46-/m1/s1. The summed E-state index contributed by atoms with van der Waals surface area (Å²) >= 11 is 0. The number of aliphatic hydroxyl groups is 1. The molecule has 3 aromatic carbocycles. The minimum Gasteiger partial charge on any atom is -0.495 e. The van der Waals surface area contributed by atoms with E-state index in [1.165, 1.54) is 30.5 Å². The van der Waals surface area contributed by atoms with Crippen molar-refractivity contribution in [3.05, 3.63) is 89.5 Å². The average molecular weight is 958 g/mol.